The third-order valence-corrected chi connectivity index (χ3v) is 6.36. The molecule has 4 rings (SSSR count). The van der Waals surface area contributed by atoms with Crippen LogP contribution in [0.1, 0.15) is 0 Å². The van der Waals surface area contributed by atoms with Crippen molar-refractivity contribution in [2.45, 2.75) is 9.79 Å². The van der Waals surface area contributed by atoms with Gasteiger partial charge in [-0.05, 0) is 47.5 Å². The molecule has 0 aliphatic rings. The highest BCUT2D eigenvalue weighted by Crippen LogP contribution is 2.37. The SMILES string of the molecule is O=[N+]([O-])c1ccc(-c2ccc(Sc3ccc(-c4ccc([N+](=O)[O-])cc4[N+](=O)[O-])cc3)cc2)c([N+](=O)[O-])c1. The number of nitro groups is 4. The molecule has 4 aromatic carbocycles. The van der Waals surface area contributed by atoms with Gasteiger partial charge < -0.3 is 0 Å². The summed E-state index contributed by atoms with van der Waals surface area (Å²) in [6, 6.07) is 20.6. The zero-order valence-corrected chi connectivity index (χ0v) is 19.4. The van der Waals surface area contributed by atoms with Crippen LogP contribution in [0.25, 0.3) is 22.3 Å². The maximum absolute atomic E-state index is 11.4. The van der Waals surface area contributed by atoms with Crippen LogP contribution in [-0.4, -0.2) is 19.7 Å². The fraction of sp³-hybridized carbons (Fsp3) is 0. The van der Waals surface area contributed by atoms with Crippen molar-refractivity contribution in [1.82, 2.24) is 0 Å². The Hall–Kier alpha value is -5.17. The summed E-state index contributed by atoms with van der Waals surface area (Å²) >= 11 is 1.38. The third-order valence-electron chi connectivity index (χ3n) is 5.34. The maximum atomic E-state index is 11.4. The Morgan fingerprint density at radius 2 is 0.811 bits per heavy atom. The minimum atomic E-state index is -0.693. The zero-order chi connectivity index (χ0) is 26.7. The van der Waals surface area contributed by atoms with Crippen LogP contribution in [0.4, 0.5) is 22.7 Å². The monoisotopic (exact) mass is 518 g/mol. The third kappa shape index (κ3) is 5.41. The summed E-state index contributed by atoms with van der Waals surface area (Å²) in [5, 5.41) is 44.8. The lowest BCUT2D eigenvalue weighted by atomic mass is 10.0. The Balaban J connectivity index is 1.55. The Kier molecular flexibility index (Phi) is 6.88. The smallest absolute Gasteiger partial charge is 0.258 e. The summed E-state index contributed by atoms with van der Waals surface area (Å²) in [5.74, 6) is 0. The van der Waals surface area contributed by atoms with Crippen LogP contribution >= 0.6 is 11.8 Å². The highest BCUT2D eigenvalue weighted by atomic mass is 32.2. The van der Waals surface area contributed by atoms with Gasteiger partial charge in [0.25, 0.3) is 22.7 Å². The van der Waals surface area contributed by atoms with Crippen LogP contribution in [0, 0.1) is 40.5 Å². The lowest BCUT2D eigenvalue weighted by Crippen LogP contribution is -1.95. The van der Waals surface area contributed by atoms with Crippen molar-refractivity contribution in [3.05, 3.63) is 125 Å². The number of benzene rings is 4. The lowest BCUT2D eigenvalue weighted by Gasteiger charge is -2.07. The predicted octanol–water partition coefficient (Wildman–Crippen LogP) is 6.80. The molecule has 0 heterocycles. The van der Waals surface area contributed by atoms with E-state index in [2.05, 4.69) is 0 Å². The van der Waals surface area contributed by atoms with Gasteiger partial charge in [0, 0.05) is 21.9 Å². The van der Waals surface area contributed by atoms with Crippen molar-refractivity contribution in [1.29, 1.82) is 0 Å². The minimum absolute atomic E-state index is 0.251. The first kappa shape index (κ1) is 24.9. The van der Waals surface area contributed by atoms with Crippen LogP contribution in [0.15, 0.2) is 94.7 Å². The zero-order valence-electron chi connectivity index (χ0n) is 18.5. The molecule has 0 saturated heterocycles. The van der Waals surface area contributed by atoms with Crippen LogP contribution in [-0.2, 0) is 0 Å². The molecule has 184 valence electrons. The Morgan fingerprint density at radius 1 is 0.459 bits per heavy atom. The molecule has 0 spiro atoms. The first-order chi connectivity index (χ1) is 17.6. The molecular weight excluding hydrogens is 504 g/mol. The number of nitro benzene ring substituents is 4. The fourth-order valence-electron chi connectivity index (χ4n) is 3.60. The van der Waals surface area contributed by atoms with E-state index in [9.17, 15) is 40.5 Å². The van der Waals surface area contributed by atoms with E-state index in [-0.39, 0.29) is 33.9 Å². The molecule has 0 atom stereocenters. The number of hydrogen-bond acceptors (Lipinski definition) is 9. The van der Waals surface area contributed by atoms with E-state index < -0.39 is 19.7 Å². The highest BCUT2D eigenvalue weighted by Gasteiger charge is 2.21. The second-order valence-electron chi connectivity index (χ2n) is 7.58. The van der Waals surface area contributed by atoms with Gasteiger partial charge in [0.2, 0.25) is 0 Å². The van der Waals surface area contributed by atoms with Gasteiger partial charge in [-0.3, -0.25) is 40.5 Å². The minimum Gasteiger partial charge on any atom is -0.258 e. The average molecular weight is 518 g/mol. The van der Waals surface area contributed by atoms with Gasteiger partial charge in [-0.15, -0.1) is 0 Å². The van der Waals surface area contributed by atoms with Gasteiger partial charge in [-0.25, -0.2) is 0 Å². The summed E-state index contributed by atoms with van der Waals surface area (Å²) in [4.78, 5) is 43.7. The topological polar surface area (TPSA) is 173 Å². The number of non-ortho nitro benzene ring substituents is 2. The van der Waals surface area contributed by atoms with Crippen molar-refractivity contribution >= 4 is 34.5 Å². The van der Waals surface area contributed by atoms with Crippen molar-refractivity contribution in [3.8, 4) is 22.3 Å². The molecule has 0 amide bonds. The van der Waals surface area contributed by atoms with E-state index >= 15 is 0 Å². The van der Waals surface area contributed by atoms with Gasteiger partial charge in [-0.1, -0.05) is 36.0 Å². The second-order valence-corrected chi connectivity index (χ2v) is 8.73. The molecule has 0 aliphatic carbocycles. The molecule has 0 bridgehead atoms. The molecule has 12 nitrogen and oxygen atoms in total. The van der Waals surface area contributed by atoms with E-state index in [0.717, 1.165) is 21.9 Å². The second kappa shape index (κ2) is 10.2. The molecule has 0 N–H and O–H groups in total. The van der Waals surface area contributed by atoms with E-state index in [1.165, 1.54) is 36.0 Å². The fourth-order valence-corrected chi connectivity index (χ4v) is 4.42. The molecule has 4 aromatic rings. The maximum Gasteiger partial charge on any atom is 0.284 e. The molecular formula is C24H14N4O8S. The van der Waals surface area contributed by atoms with E-state index in [1.54, 1.807) is 48.5 Å². The first-order valence-electron chi connectivity index (χ1n) is 10.4. The molecule has 0 unspecified atom stereocenters. The average Bonchev–Trinajstić information content (AvgIpc) is 2.88. The van der Waals surface area contributed by atoms with Gasteiger partial charge >= 0.3 is 0 Å². The van der Waals surface area contributed by atoms with Crippen molar-refractivity contribution in [2.75, 3.05) is 0 Å². The Morgan fingerprint density at radius 3 is 1.11 bits per heavy atom. The number of hydrogen-bond donors (Lipinski definition) is 0. The van der Waals surface area contributed by atoms with Crippen molar-refractivity contribution in [3.63, 3.8) is 0 Å². The molecule has 13 heteroatoms. The largest absolute Gasteiger partial charge is 0.284 e. The quantitative estimate of drug-likeness (QED) is 0.179. The molecule has 0 radical (unpaired) electrons. The molecule has 0 aromatic heterocycles. The summed E-state index contributed by atoms with van der Waals surface area (Å²) in [6.07, 6.45) is 0. The molecule has 37 heavy (non-hydrogen) atoms. The van der Waals surface area contributed by atoms with Crippen LogP contribution in [0.2, 0.25) is 0 Å². The first-order valence-corrected chi connectivity index (χ1v) is 11.2. The lowest BCUT2D eigenvalue weighted by molar-refractivity contribution is -0.394. The molecule has 0 aliphatic heterocycles. The summed E-state index contributed by atoms with van der Waals surface area (Å²) in [5.41, 5.74) is 0.0623. The number of rotatable bonds is 8. The van der Waals surface area contributed by atoms with Gasteiger partial charge in [-0.2, -0.15) is 0 Å². The summed E-state index contributed by atoms with van der Waals surface area (Å²) in [7, 11) is 0. The summed E-state index contributed by atoms with van der Waals surface area (Å²) in [6.45, 7) is 0. The van der Waals surface area contributed by atoms with E-state index in [1.807, 2.05) is 0 Å². The van der Waals surface area contributed by atoms with Gasteiger partial charge in [0.1, 0.15) is 0 Å². The van der Waals surface area contributed by atoms with Crippen LogP contribution < -0.4 is 0 Å². The summed E-state index contributed by atoms with van der Waals surface area (Å²) < 4.78 is 0. The van der Waals surface area contributed by atoms with Crippen LogP contribution in [0.3, 0.4) is 0 Å². The van der Waals surface area contributed by atoms with Crippen LogP contribution in [0.5, 0.6) is 0 Å². The highest BCUT2D eigenvalue weighted by molar-refractivity contribution is 7.99. The van der Waals surface area contributed by atoms with E-state index in [4.69, 9.17) is 0 Å². The normalized spacial score (nSPS) is 10.6. The Bertz CT molecular complexity index is 1440. The van der Waals surface area contributed by atoms with Gasteiger partial charge in [0.05, 0.1) is 43.0 Å². The van der Waals surface area contributed by atoms with Gasteiger partial charge in [0.15, 0.2) is 0 Å². The molecule has 0 fully saturated rings. The standard InChI is InChI=1S/C24H14N4O8S/c29-25(30)17-5-11-21(23(13-17)27(33)34)15-1-7-19(8-2-15)37-20-9-3-16(4-10-20)22-12-6-18(26(31)32)14-24(22)28(35)36/h1-14H. The van der Waals surface area contributed by atoms with Crippen molar-refractivity contribution < 1.29 is 19.7 Å². The van der Waals surface area contributed by atoms with Crippen molar-refractivity contribution in [2.24, 2.45) is 0 Å². The Labute approximate surface area is 211 Å². The predicted molar refractivity (Wildman–Crippen MR) is 134 cm³/mol. The number of nitrogens with zero attached hydrogens (tertiary/aromatic N) is 4. The van der Waals surface area contributed by atoms with E-state index in [0.29, 0.717) is 11.1 Å². The molecule has 0 saturated carbocycles.